The molecule has 2 aromatic carbocycles. The van der Waals surface area contributed by atoms with Gasteiger partial charge in [0.05, 0.1) is 18.0 Å². The Kier molecular flexibility index (Phi) is 3.15. The molecule has 0 bridgehead atoms. The van der Waals surface area contributed by atoms with Crippen molar-refractivity contribution in [3.8, 4) is 5.75 Å². The standard InChI is InChI=1S/C19H21NOS/c1-19(2)13-8-4-5-9-15(13)20-17-12-7-6-10-16(21-3)18(12)22-11-14(17)19/h4-10,14,17,20H,11H2,1-3H3/t14-,17-/m1/s1. The molecule has 0 aromatic heterocycles. The molecule has 4 rings (SSSR count). The van der Waals surface area contributed by atoms with Gasteiger partial charge in [-0.05, 0) is 28.7 Å². The van der Waals surface area contributed by atoms with Crippen LogP contribution in [0, 0.1) is 5.92 Å². The first-order chi connectivity index (χ1) is 10.6. The highest BCUT2D eigenvalue weighted by atomic mass is 32.2. The van der Waals surface area contributed by atoms with E-state index in [-0.39, 0.29) is 5.41 Å². The van der Waals surface area contributed by atoms with Gasteiger partial charge in [0.1, 0.15) is 5.75 Å². The molecule has 0 saturated heterocycles. The summed E-state index contributed by atoms with van der Waals surface area (Å²) < 4.78 is 5.57. The number of hydrogen-bond donors (Lipinski definition) is 1. The summed E-state index contributed by atoms with van der Waals surface area (Å²) in [7, 11) is 1.76. The highest BCUT2D eigenvalue weighted by Gasteiger charge is 2.45. The van der Waals surface area contributed by atoms with Gasteiger partial charge >= 0.3 is 0 Å². The molecule has 3 heteroatoms. The molecule has 2 nitrogen and oxygen atoms in total. The maximum atomic E-state index is 5.57. The third kappa shape index (κ3) is 1.88. The monoisotopic (exact) mass is 311 g/mol. The highest BCUT2D eigenvalue weighted by molar-refractivity contribution is 7.99. The predicted octanol–water partition coefficient (Wildman–Crippen LogP) is 4.86. The van der Waals surface area contributed by atoms with Crippen LogP contribution in [0.1, 0.15) is 31.0 Å². The van der Waals surface area contributed by atoms with E-state index in [9.17, 15) is 0 Å². The summed E-state index contributed by atoms with van der Waals surface area (Å²) in [6.45, 7) is 4.77. The quantitative estimate of drug-likeness (QED) is 0.812. The number of ether oxygens (including phenoxy) is 1. The van der Waals surface area contributed by atoms with Crippen molar-refractivity contribution in [1.29, 1.82) is 0 Å². The lowest BCUT2D eigenvalue weighted by atomic mass is 9.66. The Bertz CT molecular complexity index is 725. The molecule has 2 aliphatic rings. The average Bonchev–Trinajstić information content (AvgIpc) is 2.54. The molecule has 0 fully saturated rings. The van der Waals surface area contributed by atoms with Crippen LogP contribution in [0.3, 0.4) is 0 Å². The van der Waals surface area contributed by atoms with Crippen LogP contribution in [0.5, 0.6) is 5.75 Å². The number of anilines is 1. The van der Waals surface area contributed by atoms with Crippen LogP contribution in [-0.2, 0) is 5.41 Å². The minimum atomic E-state index is 0.167. The van der Waals surface area contributed by atoms with Crippen molar-refractivity contribution in [3.05, 3.63) is 53.6 Å². The zero-order valence-corrected chi connectivity index (χ0v) is 14.0. The fraction of sp³-hybridized carbons (Fsp3) is 0.368. The molecule has 2 aromatic rings. The molecule has 0 amide bonds. The highest BCUT2D eigenvalue weighted by Crippen LogP contribution is 2.55. The molecular weight excluding hydrogens is 290 g/mol. The van der Waals surface area contributed by atoms with E-state index in [2.05, 4.69) is 61.6 Å². The van der Waals surface area contributed by atoms with Crippen molar-refractivity contribution in [3.63, 3.8) is 0 Å². The van der Waals surface area contributed by atoms with E-state index < -0.39 is 0 Å². The van der Waals surface area contributed by atoms with Crippen LogP contribution in [0.2, 0.25) is 0 Å². The molecule has 2 aliphatic heterocycles. The summed E-state index contributed by atoms with van der Waals surface area (Å²) in [6.07, 6.45) is 0. The number of para-hydroxylation sites is 1. The zero-order chi connectivity index (χ0) is 15.3. The second-order valence-electron chi connectivity index (χ2n) is 6.69. The van der Waals surface area contributed by atoms with Gasteiger partial charge in [-0.1, -0.05) is 44.2 Å². The molecule has 0 radical (unpaired) electrons. The van der Waals surface area contributed by atoms with E-state index in [0.717, 1.165) is 11.5 Å². The SMILES string of the molecule is COc1cccc2c1SC[C@@H]1[C@@H]2Nc2ccccc2C1(C)C. The number of nitrogens with one attached hydrogen (secondary N) is 1. The molecule has 22 heavy (non-hydrogen) atoms. The zero-order valence-electron chi connectivity index (χ0n) is 13.2. The van der Waals surface area contributed by atoms with Crippen molar-refractivity contribution < 1.29 is 4.74 Å². The predicted molar refractivity (Wildman–Crippen MR) is 93.0 cm³/mol. The second kappa shape index (κ2) is 4.95. The first-order valence-electron chi connectivity index (χ1n) is 7.78. The maximum Gasteiger partial charge on any atom is 0.132 e. The minimum absolute atomic E-state index is 0.167. The van der Waals surface area contributed by atoms with Crippen LogP contribution in [0.25, 0.3) is 0 Å². The second-order valence-corrected chi connectivity index (χ2v) is 7.72. The minimum Gasteiger partial charge on any atom is -0.496 e. The Hall–Kier alpha value is -1.61. The summed E-state index contributed by atoms with van der Waals surface area (Å²) in [5.74, 6) is 2.69. The van der Waals surface area contributed by atoms with E-state index >= 15 is 0 Å². The lowest BCUT2D eigenvalue weighted by molar-refractivity contribution is 0.291. The topological polar surface area (TPSA) is 21.3 Å². The van der Waals surface area contributed by atoms with E-state index in [1.54, 1.807) is 7.11 Å². The smallest absolute Gasteiger partial charge is 0.132 e. The van der Waals surface area contributed by atoms with Gasteiger partial charge in [-0.3, -0.25) is 0 Å². The summed E-state index contributed by atoms with van der Waals surface area (Å²) in [4.78, 5) is 1.30. The van der Waals surface area contributed by atoms with Gasteiger partial charge in [-0.2, -0.15) is 0 Å². The first kappa shape index (κ1) is 14.0. The normalized spacial score (nSPS) is 24.5. The van der Waals surface area contributed by atoms with Gasteiger partial charge in [-0.15, -0.1) is 11.8 Å². The summed E-state index contributed by atoms with van der Waals surface area (Å²) in [5, 5.41) is 3.79. The molecule has 0 aliphatic carbocycles. The summed E-state index contributed by atoms with van der Waals surface area (Å²) in [5.41, 5.74) is 4.25. The van der Waals surface area contributed by atoms with E-state index in [4.69, 9.17) is 4.74 Å². The lowest BCUT2D eigenvalue weighted by Crippen LogP contribution is -2.44. The Labute approximate surface area is 136 Å². The van der Waals surface area contributed by atoms with Gasteiger partial charge in [0.25, 0.3) is 0 Å². The fourth-order valence-corrected chi connectivity index (χ4v) is 5.53. The number of hydrogen-bond acceptors (Lipinski definition) is 3. The largest absolute Gasteiger partial charge is 0.496 e. The molecule has 114 valence electrons. The van der Waals surface area contributed by atoms with Crippen LogP contribution < -0.4 is 10.1 Å². The first-order valence-corrected chi connectivity index (χ1v) is 8.77. The van der Waals surface area contributed by atoms with Gasteiger partial charge < -0.3 is 10.1 Å². The number of benzene rings is 2. The van der Waals surface area contributed by atoms with Crippen molar-refractivity contribution in [1.82, 2.24) is 0 Å². The number of thioether (sulfide) groups is 1. The van der Waals surface area contributed by atoms with E-state index in [1.807, 2.05) is 11.8 Å². The van der Waals surface area contributed by atoms with Crippen molar-refractivity contribution in [2.24, 2.45) is 5.92 Å². The van der Waals surface area contributed by atoms with Crippen molar-refractivity contribution in [2.45, 2.75) is 30.2 Å². The third-order valence-corrected chi connectivity index (χ3v) is 6.48. The summed E-state index contributed by atoms with van der Waals surface area (Å²) in [6, 6.07) is 15.5. The van der Waals surface area contributed by atoms with Crippen LogP contribution >= 0.6 is 11.8 Å². The molecule has 0 spiro atoms. The molecule has 2 heterocycles. The van der Waals surface area contributed by atoms with Crippen molar-refractivity contribution >= 4 is 17.4 Å². The van der Waals surface area contributed by atoms with Crippen LogP contribution in [0.4, 0.5) is 5.69 Å². The van der Waals surface area contributed by atoms with Crippen LogP contribution in [-0.4, -0.2) is 12.9 Å². The van der Waals surface area contributed by atoms with Crippen LogP contribution in [0.15, 0.2) is 47.4 Å². The van der Waals surface area contributed by atoms with Gasteiger partial charge in [0.2, 0.25) is 0 Å². The lowest BCUT2D eigenvalue weighted by Gasteiger charge is -2.48. The molecule has 2 atom stereocenters. The Morgan fingerprint density at radius 2 is 1.95 bits per heavy atom. The molecule has 0 unspecified atom stereocenters. The average molecular weight is 311 g/mol. The third-order valence-electron chi connectivity index (χ3n) is 5.23. The Balaban J connectivity index is 1.87. The van der Waals surface area contributed by atoms with E-state index in [0.29, 0.717) is 12.0 Å². The number of rotatable bonds is 1. The Morgan fingerprint density at radius 3 is 2.77 bits per heavy atom. The molecule has 1 N–H and O–H groups in total. The maximum absolute atomic E-state index is 5.57. The van der Waals surface area contributed by atoms with Gasteiger partial charge in [-0.25, -0.2) is 0 Å². The number of methoxy groups -OCH3 is 1. The molecular formula is C19H21NOS. The number of fused-ring (bicyclic) bond motifs is 4. The van der Waals surface area contributed by atoms with Gasteiger partial charge in [0.15, 0.2) is 0 Å². The fourth-order valence-electron chi connectivity index (χ4n) is 3.92. The summed E-state index contributed by atoms with van der Waals surface area (Å²) >= 11 is 1.94. The molecule has 0 saturated carbocycles. The van der Waals surface area contributed by atoms with E-state index in [1.165, 1.54) is 21.7 Å². The Morgan fingerprint density at radius 1 is 1.14 bits per heavy atom. The van der Waals surface area contributed by atoms with Crippen molar-refractivity contribution in [2.75, 3.05) is 18.2 Å². The van der Waals surface area contributed by atoms with Gasteiger partial charge in [0, 0.05) is 17.4 Å².